The van der Waals surface area contributed by atoms with Crippen LogP contribution in [0.3, 0.4) is 0 Å². The molecule has 0 aromatic heterocycles. The number of carbonyl (C=O) groups is 1. The molecule has 0 heterocycles. The summed E-state index contributed by atoms with van der Waals surface area (Å²) in [7, 11) is 3.11. The number of rotatable bonds is 9. The molecule has 0 spiro atoms. The van der Waals surface area contributed by atoms with Crippen LogP contribution in [0, 0.1) is 0 Å². The first-order valence-electron chi connectivity index (χ1n) is 9.64. The van der Waals surface area contributed by atoms with Crippen LogP contribution in [0.4, 0.5) is 5.69 Å². The Hall–Kier alpha value is -3.02. The van der Waals surface area contributed by atoms with E-state index in [0.29, 0.717) is 29.5 Å². The lowest BCUT2D eigenvalue weighted by Gasteiger charge is -2.19. The lowest BCUT2D eigenvalue weighted by Crippen LogP contribution is -2.41. The fraction of sp³-hybridized carbons (Fsp3) is 0.208. The topological polar surface area (TPSA) is 59.6 Å². The van der Waals surface area contributed by atoms with E-state index in [1.807, 2.05) is 72.8 Å². The molecule has 0 saturated heterocycles. The molecule has 30 heavy (non-hydrogen) atoms. The minimum atomic E-state index is -0.431. The predicted octanol–water partition coefficient (Wildman–Crippen LogP) is 4.70. The molecule has 0 saturated carbocycles. The average molecular weight is 425 g/mol. The molecule has 0 aliphatic heterocycles. The van der Waals surface area contributed by atoms with E-state index in [2.05, 4.69) is 10.6 Å². The highest BCUT2D eigenvalue weighted by atomic mass is 35.5. The highest BCUT2D eigenvalue weighted by molar-refractivity contribution is 6.32. The number of carbonyl (C=O) groups excluding carboxylic acids is 1. The van der Waals surface area contributed by atoms with Crippen molar-refractivity contribution in [2.24, 2.45) is 0 Å². The van der Waals surface area contributed by atoms with Gasteiger partial charge in [0.25, 0.3) is 0 Å². The highest BCUT2D eigenvalue weighted by Gasteiger charge is 2.20. The Morgan fingerprint density at radius 2 is 1.60 bits per heavy atom. The maximum Gasteiger partial charge on any atom is 0.241 e. The summed E-state index contributed by atoms with van der Waals surface area (Å²) in [4.78, 5) is 13.0. The average Bonchev–Trinajstić information content (AvgIpc) is 2.77. The number of anilines is 1. The zero-order valence-electron chi connectivity index (χ0n) is 17.0. The monoisotopic (exact) mass is 424 g/mol. The number of hydrogen-bond donors (Lipinski definition) is 2. The zero-order chi connectivity index (χ0) is 21.3. The molecule has 1 atom stereocenters. The summed E-state index contributed by atoms with van der Waals surface area (Å²) in [5, 5.41) is 6.79. The number of para-hydroxylation sites is 1. The summed E-state index contributed by atoms with van der Waals surface area (Å²) in [5.41, 5.74) is 2.73. The lowest BCUT2D eigenvalue weighted by atomic mass is 10.0. The second-order valence-electron chi connectivity index (χ2n) is 6.79. The van der Waals surface area contributed by atoms with Gasteiger partial charge in [0, 0.05) is 12.2 Å². The van der Waals surface area contributed by atoms with Crippen LogP contribution in [0.1, 0.15) is 11.1 Å². The van der Waals surface area contributed by atoms with Crippen LogP contribution in [0.15, 0.2) is 72.8 Å². The van der Waals surface area contributed by atoms with Crippen LogP contribution in [0.5, 0.6) is 11.5 Å². The highest BCUT2D eigenvalue weighted by Crippen LogP contribution is 2.36. The molecule has 156 valence electrons. The van der Waals surface area contributed by atoms with Crippen molar-refractivity contribution in [3.8, 4) is 11.5 Å². The van der Waals surface area contributed by atoms with E-state index in [9.17, 15) is 4.79 Å². The number of ether oxygens (including phenoxy) is 2. The molecule has 5 nitrogen and oxygen atoms in total. The smallest absolute Gasteiger partial charge is 0.241 e. The zero-order valence-corrected chi connectivity index (χ0v) is 17.8. The van der Waals surface area contributed by atoms with Crippen molar-refractivity contribution >= 4 is 23.2 Å². The second-order valence-corrected chi connectivity index (χ2v) is 7.20. The van der Waals surface area contributed by atoms with Gasteiger partial charge in [0.15, 0.2) is 11.5 Å². The summed E-state index contributed by atoms with van der Waals surface area (Å²) in [5.74, 6) is 0.942. The third-order valence-electron chi connectivity index (χ3n) is 4.69. The van der Waals surface area contributed by atoms with Crippen molar-refractivity contribution in [1.82, 2.24) is 5.32 Å². The van der Waals surface area contributed by atoms with Gasteiger partial charge >= 0.3 is 0 Å². The fourth-order valence-corrected chi connectivity index (χ4v) is 3.48. The van der Waals surface area contributed by atoms with Crippen molar-refractivity contribution < 1.29 is 14.3 Å². The SMILES string of the molecule is COc1cc(CNC(Cc2ccccc2)C(=O)Nc2ccccc2)cc(Cl)c1OC. The van der Waals surface area contributed by atoms with Crippen LogP contribution < -0.4 is 20.1 Å². The van der Waals surface area contributed by atoms with Gasteiger partial charge in [-0.15, -0.1) is 0 Å². The molecule has 1 amide bonds. The predicted molar refractivity (Wildman–Crippen MR) is 120 cm³/mol. The van der Waals surface area contributed by atoms with E-state index in [4.69, 9.17) is 21.1 Å². The molecule has 1 unspecified atom stereocenters. The minimum absolute atomic E-state index is 0.100. The van der Waals surface area contributed by atoms with E-state index in [-0.39, 0.29) is 5.91 Å². The normalized spacial score (nSPS) is 11.6. The first kappa shape index (κ1) is 21.7. The molecule has 2 N–H and O–H groups in total. The van der Waals surface area contributed by atoms with Crippen LogP contribution in [-0.4, -0.2) is 26.2 Å². The maximum absolute atomic E-state index is 13.0. The van der Waals surface area contributed by atoms with Crippen LogP contribution in [0.2, 0.25) is 5.02 Å². The standard InChI is InChI=1S/C24H25ClN2O3/c1-29-22-15-18(13-20(25)23(22)30-2)16-26-21(14-17-9-5-3-6-10-17)24(28)27-19-11-7-4-8-12-19/h3-13,15,21,26H,14,16H2,1-2H3,(H,27,28). The van der Waals surface area contributed by atoms with Crippen LogP contribution >= 0.6 is 11.6 Å². The Morgan fingerprint density at radius 3 is 2.23 bits per heavy atom. The first-order chi connectivity index (χ1) is 14.6. The number of amides is 1. The van der Waals surface area contributed by atoms with Gasteiger partial charge in [0.2, 0.25) is 5.91 Å². The quantitative estimate of drug-likeness (QED) is 0.523. The van der Waals surface area contributed by atoms with Gasteiger partial charge in [-0.05, 0) is 41.8 Å². The number of methoxy groups -OCH3 is 2. The van der Waals surface area contributed by atoms with Gasteiger partial charge in [-0.1, -0.05) is 60.1 Å². The summed E-state index contributed by atoms with van der Waals surface area (Å²) in [6.07, 6.45) is 0.556. The van der Waals surface area contributed by atoms with E-state index in [1.165, 1.54) is 0 Å². The number of benzene rings is 3. The van der Waals surface area contributed by atoms with Crippen molar-refractivity contribution in [2.45, 2.75) is 19.0 Å². The molecule has 0 aliphatic rings. The molecule has 6 heteroatoms. The second kappa shape index (κ2) is 10.7. The van der Waals surface area contributed by atoms with Crippen molar-refractivity contribution in [2.75, 3.05) is 19.5 Å². The third-order valence-corrected chi connectivity index (χ3v) is 4.97. The molecule has 3 aromatic rings. The van der Waals surface area contributed by atoms with Crippen molar-refractivity contribution in [1.29, 1.82) is 0 Å². The largest absolute Gasteiger partial charge is 0.493 e. The third kappa shape index (κ3) is 5.75. The van der Waals surface area contributed by atoms with Crippen molar-refractivity contribution in [3.63, 3.8) is 0 Å². The molecular formula is C24H25ClN2O3. The lowest BCUT2D eigenvalue weighted by molar-refractivity contribution is -0.118. The Morgan fingerprint density at radius 1 is 0.933 bits per heavy atom. The molecule has 3 rings (SSSR count). The van der Waals surface area contributed by atoms with Gasteiger partial charge in [-0.2, -0.15) is 0 Å². The fourth-order valence-electron chi connectivity index (χ4n) is 3.17. The Labute approximate surface area is 182 Å². The summed E-state index contributed by atoms with van der Waals surface area (Å²) in [6.45, 7) is 0.444. The van der Waals surface area contributed by atoms with Crippen LogP contribution in [-0.2, 0) is 17.8 Å². The van der Waals surface area contributed by atoms with E-state index in [0.717, 1.165) is 16.8 Å². The van der Waals surface area contributed by atoms with Gasteiger partial charge in [0.05, 0.1) is 25.3 Å². The molecule has 3 aromatic carbocycles. The molecular weight excluding hydrogens is 400 g/mol. The maximum atomic E-state index is 13.0. The Balaban J connectivity index is 1.76. The molecule has 0 radical (unpaired) electrons. The van der Waals surface area contributed by atoms with E-state index >= 15 is 0 Å². The first-order valence-corrected chi connectivity index (χ1v) is 10.0. The minimum Gasteiger partial charge on any atom is -0.493 e. The van der Waals surface area contributed by atoms with Gasteiger partial charge in [-0.3, -0.25) is 4.79 Å². The number of hydrogen-bond acceptors (Lipinski definition) is 4. The van der Waals surface area contributed by atoms with Gasteiger partial charge in [0.1, 0.15) is 0 Å². The van der Waals surface area contributed by atoms with Crippen molar-refractivity contribution in [3.05, 3.63) is 88.9 Å². The van der Waals surface area contributed by atoms with Crippen LogP contribution in [0.25, 0.3) is 0 Å². The number of nitrogens with one attached hydrogen (secondary N) is 2. The summed E-state index contributed by atoms with van der Waals surface area (Å²) in [6, 6.07) is 22.6. The van der Waals surface area contributed by atoms with Gasteiger partial charge in [-0.25, -0.2) is 0 Å². The summed E-state index contributed by atoms with van der Waals surface area (Å²) < 4.78 is 10.7. The molecule has 0 aliphatic carbocycles. The van der Waals surface area contributed by atoms with E-state index < -0.39 is 6.04 Å². The number of halogens is 1. The summed E-state index contributed by atoms with van der Waals surface area (Å²) >= 11 is 6.32. The van der Waals surface area contributed by atoms with Gasteiger partial charge < -0.3 is 20.1 Å². The Bertz CT molecular complexity index is 965. The molecule has 0 fully saturated rings. The Kier molecular flexibility index (Phi) is 7.71. The van der Waals surface area contributed by atoms with E-state index in [1.54, 1.807) is 14.2 Å². The molecule has 0 bridgehead atoms.